The second kappa shape index (κ2) is 7.74. The van der Waals surface area contributed by atoms with Gasteiger partial charge < -0.3 is 4.90 Å². The average molecular weight is 361 g/mol. The lowest BCUT2D eigenvalue weighted by molar-refractivity contribution is 0.299. The number of sulfonamides is 1. The molecule has 0 saturated carbocycles. The number of benzene rings is 2. The molecule has 0 heterocycles. The molecule has 1 N–H and O–H groups in total. The van der Waals surface area contributed by atoms with Crippen LogP contribution in [0.25, 0.3) is 0 Å². The van der Waals surface area contributed by atoms with Gasteiger partial charge in [-0.15, -0.1) is 0 Å². The van der Waals surface area contributed by atoms with E-state index >= 15 is 0 Å². The molecule has 7 heteroatoms. The Kier molecular flexibility index (Phi) is 5.90. The van der Waals surface area contributed by atoms with Crippen LogP contribution >= 0.6 is 0 Å². The molecule has 1 unspecified atom stereocenters. The summed E-state index contributed by atoms with van der Waals surface area (Å²) in [6.07, 6.45) is 0. The first-order valence-corrected chi connectivity index (χ1v) is 9.15. The summed E-state index contributed by atoms with van der Waals surface area (Å²) in [5.41, 5.74) is 1.80. The van der Waals surface area contributed by atoms with Gasteiger partial charge in [0.2, 0.25) is 10.0 Å². The smallest absolute Gasteiger partial charge is 0.240 e. The first-order valence-electron chi connectivity index (χ1n) is 7.67. The molecule has 0 bridgehead atoms. The summed E-state index contributed by atoms with van der Waals surface area (Å²) in [6.45, 7) is 2.14. The van der Waals surface area contributed by atoms with Gasteiger partial charge in [0.1, 0.15) is 11.9 Å². The molecule has 0 saturated heterocycles. The summed E-state index contributed by atoms with van der Waals surface area (Å²) >= 11 is 0. The number of nitrogens with zero attached hydrogens (tertiary/aromatic N) is 2. The summed E-state index contributed by atoms with van der Waals surface area (Å²) in [7, 11) is -0.118. The maximum Gasteiger partial charge on any atom is 0.240 e. The Morgan fingerprint density at radius 2 is 1.84 bits per heavy atom. The van der Waals surface area contributed by atoms with Gasteiger partial charge in [0.05, 0.1) is 10.5 Å². The average Bonchev–Trinajstić information content (AvgIpc) is 2.56. The van der Waals surface area contributed by atoms with Crippen molar-refractivity contribution in [1.29, 1.82) is 5.26 Å². The highest BCUT2D eigenvalue weighted by molar-refractivity contribution is 7.89. The minimum Gasteiger partial charge on any atom is -0.301 e. The summed E-state index contributed by atoms with van der Waals surface area (Å²) in [4.78, 5) is 1.78. The normalized spacial score (nSPS) is 12.8. The molecule has 5 nitrogen and oxygen atoms in total. The SMILES string of the molecule is Cc1ccc(C(CNS(=O)(=O)c2ccc(F)c(C#N)c2)N(C)C)cc1. The Morgan fingerprint density at radius 3 is 2.40 bits per heavy atom. The molecule has 2 aromatic rings. The Balaban J connectivity index is 2.22. The van der Waals surface area contributed by atoms with Crippen LogP contribution < -0.4 is 4.72 Å². The van der Waals surface area contributed by atoms with Crippen LogP contribution in [0.2, 0.25) is 0 Å². The standard InChI is InChI=1S/C18H20FN3O2S/c1-13-4-6-14(7-5-13)18(22(2)3)12-21-25(23,24)16-8-9-17(19)15(10-16)11-20/h4-10,18,21H,12H2,1-3H3. The van der Waals surface area contributed by atoms with Crippen molar-refractivity contribution in [2.45, 2.75) is 17.9 Å². The number of nitrogens with one attached hydrogen (secondary N) is 1. The number of hydrogen-bond donors (Lipinski definition) is 1. The van der Waals surface area contributed by atoms with Gasteiger partial charge in [-0.25, -0.2) is 17.5 Å². The summed E-state index contributed by atoms with van der Waals surface area (Å²) < 4.78 is 40.9. The van der Waals surface area contributed by atoms with Crippen LogP contribution in [0.15, 0.2) is 47.4 Å². The molecular weight excluding hydrogens is 341 g/mol. The Morgan fingerprint density at radius 1 is 1.20 bits per heavy atom. The largest absolute Gasteiger partial charge is 0.301 e. The third kappa shape index (κ3) is 4.63. The molecule has 0 aliphatic carbocycles. The molecule has 0 fully saturated rings. The van der Waals surface area contributed by atoms with Gasteiger partial charge in [0.15, 0.2) is 0 Å². The van der Waals surface area contributed by atoms with Gasteiger partial charge in [-0.1, -0.05) is 29.8 Å². The number of likely N-dealkylation sites (N-methyl/N-ethyl adjacent to an activating group) is 1. The van der Waals surface area contributed by atoms with E-state index in [0.29, 0.717) is 0 Å². The van der Waals surface area contributed by atoms with E-state index in [1.165, 1.54) is 0 Å². The lowest BCUT2D eigenvalue weighted by Gasteiger charge is -2.25. The summed E-state index contributed by atoms with van der Waals surface area (Å²) in [6, 6.07) is 12.5. The molecular formula is C18H20FN3O2S. The van der Waals surface area contributed by atoms with E-state index in [4.69, 9.17) is 5.26 Å². The molecule has 25 heavy (non-hydrogen) atoms. The highest BCUT2D eigenvalue weighted by atomic mass is 32.2. The lowest BCUT2D eigenvalue weighted by atomic mass is 10.0. The van der Waals surface area contributed by atoms with E-state index in [-0.39, 0.29) is 23.0 Å². The van der Waals surface area contributed by atoms with Crippen molar-refractivity contribution in [2.75, 3.05) is 20.6 Å². The first-order chi connectivity index (χ1) is 11.7. The summed E-state index contributed by atoms with van der Waals surface area (Å²) in [5, 5.41) is 8.86. The van der Waals surface area contributed by atoms with E-state index in [1.54, 1.807) is 6.07 Å². The van der Waals surface area contributed by atoms with Gasteiger partial charge in [0.25, 0.3) is 0 Å². The Hall–Kier alpha value is -2.27. The van der Waals surface area contributed by atoms with Crippen molar-refractivity contribution in [3.05, 3.63) is 65.0 Å². The van der Waals surface area contributed by atoms with E-state index in [9.17, 15) is 12.8 Å². The quantitative estimate of drug-likeness (QED) is 0.858. The molecule has 2 rings (SSSR count). The molecule has 0 aromatic heterocycles. The second-order valence-corrected chi connectivity index (χ2v) is 7.76. The first kappa shape index (κ1) is 19.1. The molecule has 0 aliphatic rings. The topological polar surface area (TPSA) is 73.2 Å². The minimum atomic E-state index is -3.85. The number of nitriles is 1. The minimum absolute atomic E-state index is 0.133. The highest BCUT2D eigenvalue weighted by Gasteiger charge is 2.20. The van der Waals surface area contributed by atoms with Gasteiger partial charge in [-0.3, -0.25) is 0 Å². The van der Waals surface area contributed by atoms with Crippen LogP contribution in [0.1, 0.15) is 22.7 Å². The fourth-order valence-corrected chi connectivity index (χ4v) is 3.48. The number of halogens is 1. The van der Waals surface area contributed by atoms with Gasteiger partial charge in [-0.05, 0) is 44.8 Å². The third-order valence-electron chi connectivity index (χ3n) is 3.92. The molecule has 0 amide bonds. The maximum atomic E-state index is 13.4. The third-order valence-corrected chi connectivity index (χ3v) is 5.34. The van der Waals surface area contributed by atoms with Crippen LogP contribution in [-0.4, -0.2) is 34.0 Å². The summed E-state index contributed by atoms with van der Waals surface area (Å²) in [5.74, 6) is -0.743. The highest BCUT2D eigenvalue weighted by Crippen LogP contribution is 2.20. The zero-order chi connectivity index (χ0) is 18.6. The van der Waals surface area contributed by atoms with Gasteiger partial charge in [-0.2, -0.15) is 5.26 Å². The molecule has 2 aromatic carbocycles. The van der Waals surface area contributed by atoms with Crippen molar-refractivity contribution < 1.29 is 12.8 Å². The second-order valence-electron chi connectivity index (χ2n) is 6.00. The van der Waals surface area contributed by atoms with Crippen molar-refractivity contribution >= 4 is 10.0 Å². The Bertz CT molecular complexity index is 888. The van der Waals surface area contributed by atoms with E-state index < -0.39 is 15.8 Å². The van der Waals surface area contributed by atoms with Crippen LogP contribution in [0.5, 0.6) is 0 Å². The lowest BCUT2D eigenvalue weighted by Crippen LogP contribution is -2.34. The number of aryl methyl sites for hydroxylation is 1. The van der Waals surface area contributed by atoms with Crippen molar-refractivity contribution in [3.63, 3.8) is 0 Å². The van der Waals surface area contributed by atoms with E-state index in [2.05, 4.69) is 4.72 Å². The molecule has 0 radical (unpaired) electrons. The van der Waals surface area contributed by atoms with Crippen molar-refractivity contribution in [3.8, 4) is 6.07 Å². The van der Waals surface area contributed by atoms with Crippen molar-refractivity contribution in [2.24, 2.45) is 0 Å². The van der Waals surface area contributed by atoms with Crippen molar-refractivity contribution in [1.82, 2.24) is 9.62 Å². The molecule has 0 spiro atoms. The fraction of sp³-hybridized carbons (Fsp3) is 0.278. The van der Waals surface area contributed by atoms with E-state index in [1.807, 2.05) is 50.2 Å². The number of hydrogen-bond acceptors (Lipinski definition) is 4. The fourth-order valence-electron chi connectivity index (χ4n) is 2.42. The predicted molar refractivity (Wildman–Crippen MR) is 93.9 cm³/mol. The van der Waals surface area contributed by atoms with Crippen LogP contribution in [0.4, 0.5) is 4.39 Å². The van der Waals surface area contributed by atoms with E-state index in [0.717, 1.165) is 29.3 Å². The maximum absolute atomic E-state index is 13.4. The predicted octanol–water partition coefficient (Wildman–Crippen LogP) is 2.59. The zero-order valence-electron chi connectivity index (χ0n) is 14.3. The molecule has 0 aliphatic heterocycles. The number of rotatable bonds is 6. The molecule has 132 valence electrons. The van der Waals surface area contributed by atoms with Crippen LogP contribution in [-0.2, 0) is 10.0 Å². The van der Waals surface area contributed by atoms with Crippen LogP contribution in [0, 0.1) is 24.1 Å². The van der Waals surface area contributed by atoms with Gasteiger partial charge in [0, 0.05) is 12.6 Å². The zero-order valence-corrected chi connectivity index (χ0v) is 15.1. The monoisotopic (exact) mass is 361 g/mol. The molecule has 1 atom stereocenters. The van der Waals surface area contributed by atoms with Gasteiger partial charge >= 0.3 is 0 Å². The van der Waals surface area contributed by atoms with Crippen LogP contribution in [0.3, 0.4) is 0 Å². The Labute approximate surface area is 147 Å².